The predicted molar refractivity (Wildman–Crippen MR) is 119 cm³/mol. The molecule has 0 aliphatic carbocycles. The summed E-state index contributed by atoms with van der Waals surface area (Å²) in [6.45, 7) is 9.40. The minimum absolute atomic E-state index is 0.0980. The average molecular weight is 402 g/mol. The number of nitrogens with zero attached hydrogens (tertiary/aromatic N) is 4. The highest BCUT2D eigenvalue weighted by atomic mass is 16.1. The van der Waals surface area contributed by atoms with Crippen molar-refractivity contribution in [3.05, 3.63) is 77.4 Å². The van der Waals surface area contributed by atoms with Gasteiger partial charge in [0, 0.05) is 13.1 Å². The number of rotatable bonds is 6. The zero-order valence-electron chi connectivity index (χ0n) is 17.9. The van der Waals surface area contributed by atoms with Gasteiger partial charge in [-0.15, -0.1) is 0 Å². The van der Waals surface area contributed by atoms with Crippen LogP contribution in [0.15, 0.2) is 54.7 Å². The molecule has 0 radical (unpaired) electrons. The fourth-order valence-corrected chi connectivity index (χ4v) is 3.83. The molecule has 2 aromatic carbocycles. The molecular formula is C24H27N5O. The summed E-state index contributed by atoms with van der Waals surface area (Å²) in [6.07, 6.45) is 1.67. The Morgan fingerprint density at radius 2 is 1.80 bits per heavy atom. The van der Waals surface area contributed by atoms with Crippen LogP contribution < -0.4 is 5.32 Å². The van der Waals surface area contributed by atoms with Crippen LogP contribution in [0.3, 0.4) is 0 Å². The van der Waals surface area contributed by atoms with Gasteiger partial charge in [0.1, 0.15) is 5.82 Å². The van der Waals surface area contributed by atoms with Crippen molar-refractivity contribution < 1.29 is 4.79 Å². The van der Waals surface area contributed by atoms with Crippen LogP contribution in [-0.4, -0.2) is 31.8 Å². The van der Waals surface area contributed by atoms with E-state index >= 15 is 0 Å². The minimum Gasteiger partial charge on any atom is -0.350 e. The molecule has 6 nitrogen and oxygen atoms in total. The zero-order chi connectivity index (χ0) is 21.3. The summed E-state index contributed by atoms with van der Waals surface area (Å²) in [5, 5.41) is 7.57. The van der Waals surface area contributed by atoms with Crippen LogP contribution in [0.5, 0.6) is 0 Å². The lowest BCUT2D eigenvalue weighted by Gasteiger charge is -2.13. The van der Waals surface area contributed by atoms with E-state index in [0.717, 1.165) is 28.2 Å². The van der Waals surface area contributed by atoms with Crippen LogP contribution in [0.2, 0.25) is 0 Å². The summed E-state index contributed by atoms with van der Waals surface area (Å²) >= 11 is 0. The highest BCUT2D eigenvalue weighted by molar-refractivity contribution is 5.95. The fraction of sp³-hybridized carbons (Fsp3) is 0.292. The van der Waals surface area contributed by atoms with Crippen molar-refractivity contribution in [2.24, 2.45) is 0 Å². The predicted octanol–water partition coefficient (Wildman–Crippen LogP) is 4.39. The van der Waals surface area contributed by atoms with Crippen molar-refractivity contribution >= 4 is 16.9 Å². The number of hydrogen-bond donors (Lipinski definition) is 1. The normalized spacial score (nSPS) is 11.4. The van der Waals surface area contributed by atoms with Crippen molar-refractivity contribution in [1.82, 2.24) is 24.6 Å². The lowest BCUT2D eigenvalue weighted by molar-refractivity contribution is 0.0951. The van der Waals surface area contributed by atoms with Gasteiger partial charge in [0.15, 0.2) is 0 Å². The van der Waals surface area contributed by atoms with Crippen molar-refractivity contribution in [3.63, 3.8) is 0 Å². The van der Waals surface area contributed by atoms with Crippen LogP contribution in [0.4, 0.5) is 0 Å². The molecule has 4 rings (SSSR count). The van der Waals surface area contributed by atoms with E-state index in [0.29, 0.717) is 18.7 Å². The first-order chi connectivity index (χ1) is 14.5. The monoisotopic (exact) mass is 401 g/mol. The summed E-state index contributed by atoms with van der Waals surface area (Å²) in [7, 11) is 0. The summed E-state index contributed by atoms with van der Waals surface area (Å²) in [5.74, 6) is 1.01. The molecule has 2 heterocycles. The summed E-state index contributed by atoms with van der Waals surface area (Å²) < 4.78 is 4.00. The SMILES string of the molecule is Cc1ccc(-n2ncc(C(=O)NCCn3c(C)nc4ccccc43)c2C(C)C)cc1. The maximum Gasteiger partial charge on any atom is 0.254 e. The molecule has 0 aliphatic heterocycles. The second-order valence-electron chi connectivity index (χ2n) is 7.90. The molecular weight excluding hydrogens is 374 g/mol. The second kappa shape index (κ2) is 8.14. The molecule has 30 heavy (non-hydrogen) atoms. The molecule has 0 saturated carbocycles. The van der Waals surface area contributed by atoms with Crippen molar-refractivity contribution in [1.29, 1.82) is 0 Å². The standard InChI is InChI=1S/C24H27N5O/c1-16(2)23-20(15-26-29(23)19-11-9-17(3)10-12-19)24(30)25-13-14-28-18(4)27-21-7-5-6-8-22(21)28/h5-12,15-16H,13-14H2,1-4H3,(H,25,30). The molecule has 0 saturated heterocycles. The molecule has 0 atom stereocenters. The molecule has 1 amide bonds. The third kappa shape index (κ3) is 3.73. The Hall–Kier alpha value is -3.41. The Balaban J connectivity index is 1.52. The van der Waals surface area contributed by atoms with Crippen LogP contribution in [0.25, 0.3) is 16.7 Å². The van der Waals surface area contributed by atoms with Gasteiger partial charge >= 0.3 is 0 Å². The quantitative estimate of drug-likeness (QED) is 0.521. The molecule has 0 fully saturated rings. The number of amides is 1. The molecule has 154 valence electrons. The Bertz CT molecular complexity index is 1180. The van der Waals surface area contributed by atoms with Gasteiger partial charge in [0.05, 0.1) is 34.2 Å². The highest BCUT2D eigenvalue weighted by Crippen LogP contribution is 2.23. The molecule has 0 aliphatic rings. The van der Waals surface area contributed by atoms with E-state index in [9.17, 15) is 4.79 Å². The Kier molecular flexibility index (Phi) is 5.40. The van der Waals surface area contributed by atoms with Gasteiger partial charge in [-0.3, -0.25) is 4.79 Å². The largest absolute Gasteiger partial charge is 0.350 e. The first-order valence-corrected chi connectivity index (χ1v) is 10.3. The molecule has 0 unspecified atom stereocenters. The number of carbonyl (C=O) groups excluding carboxylic acids is 1. The lowest BCUT2D eigenvalue weighted by Crippen LogP contribution is -2.28. The number of benzene rings is 2. The number of aryl methyl sites for hydroxylation is 2. The highest BCUT2D eigenvalue weighted by Gasteiger charge is 2.20. The van der Waals surface area contributed by atoms with Crippen molar-refractivity contribution in [3.8, 4) is 5.69 Å². The first-order valence-electron chi connectivity index (χ1n) is 10.3. The maximum atomic E-state index is 13.0. The van der Waals surface area contributed by atoms with E-state index in [-0.39, 0.29) is 11.8 Å². The number of para-hydroxylation sites is 2. The van der Waals surface area contributed by atoms with Crippen LogP contribution in [0.1, 0.15) is 47.2 Å². The van der Waals surface area contributed by atoms with Crippen LogP contribution in [-0.2, 0) is 6.54 Å². The summed E-state index contributed by atoms with van der Waals surface area (Å²) in [4.78, 5) is 17.5. The molecule has 0 spiro atoms. The minimum atomic E-state index is -0.0980. The molecule has 2 aromatic heterocycles. The topological polar surface area (TPSA) is 64.7 Å². The van der Waals surface area contributed by atoms with Gasteiger partial charge in [-0.1, -0.05) is 43.7 Å². The van der Waals surface area contributed by atoms with E-state index in [2.05, 4.69) is 58.9 Å². The number of nitrogens with one attached hydrogen (secondary N) is 1. The molecule has 1 N–H and O–H groups in total. The third-order valence-corrected chi connectivity index (χ3v) is 5.34. The van der Waals surface area contributed by atoms with Gasteiger partial charge in [-0.05, 0) is 44.0 Å². The molecule has 4 aromatic rings. The summed E-state index contributed by atoms with van der Waals surface area (Å²) in [5.41, 5.74) is 5.75. The number of fused-ring (bicyclic) bond motifs is 1. The maximum absolute atomic E-state index is 13.0. The number of carbonyl (C=O) groups is 1. The average Bonchev–Trinajstić information content (AvgIpc) is 3.30. The lowest BCUT2D eigenvalue weighted by atomic mass is 10.0. The Labute approximate surface area is 176 Å². The molecule has 0 bridgehead atoms. The van der Waals surface area contributed by atoms with Crippen molar-refractivity contribution in [2.45, 2.75) is 40.2 Å². The zero-order valence-corrected chi connectivity index (χ0v) is 17.9. The van der Waals surface area contributed by atoms with Gasteiger partial charge in [0.25, 0.3) is 5.91 Å². The number of imidazole rings is 1. The second-order valence-corrected chi connectivity index (χ2v) is 7.90. The van der Waals surface area contributed by atoms with E-state index in [1.54, 1.807) is 6.20 Å². The fourth-order valence-electron chi connectivity index (χ4n) is 3.83. The van der Waals surface area contributed by atoms with Gasteiger partial charge in [-0.25, -0.2) is 9.67 Å². The van der Waals surface area contributed by atoms with E-state index < -0.39 is 0 Å². The van der Waals surface area contributed by atoms with Gasteiger partial charge < -0.3 is 9.88 Å². The number of hydrogen-bond acceptors (Lipinski definition) is 3. The molecule has 6 heteroatoms. The van der Waals surface area contributed by atoms with Crippen LogP contribution >= 0.6 is 0 Å². The van der Waals surface area contributed by atoms with Crippen LogP contribution in [0, 0.1) is 13.8 Å². The smallest absolute Gasteiger partial charge is 0.254 e. The third-order valence-electron chi connectivity index (χ3n) is 5.34. The van der Waals surface area contributed by atoms with E-state index in [1.165, 1.54) is 5.56 Å². The van der Waals surface area contributed by atoms with Gasteiger partial charge in [-0.2, -0.15) is 5.10 Å². The Morgan fingerprint density at radius 3 is 2.53 bits per heavy atom. The van der Waals surface area contributed by atoms with E-state index in [1.807, 2.05) is 41.9 Å². The Morgan fingerprint density at radius 1 is 1.07 bits per heavy atom. The van der Waals surface area contributed by atoms with Gasteiger partial charge in [0.2, 0.25) is 0 Å². The first kappa shape index (κ1) is 19.9. The van der Waals surface area contributed by atoms with E-state index in [4.69, 9.17) is 0 Å². The van der Waals surface area contributed by atoms with Crippen molar-refractivity contribution in [2.75, 3.05) is 6.54 Å². The summed E-state index contributed by atoms with van der Waals surface area (Å²) in [6, 6.07) is 16.2. The number of aromatic nitrogens is 4.